The quantitative estimate of drug-likeness (QED) is 0.791. The summed E-state index contributed by atoms with van der Waals surface area (Å²) >= 11 is 3.43. The van der Waals surface area contributed by atoms with Gasteiger partial charge in [0.25, 0.3) is 0 Å². The summed E-state index contributed by atoms with van der Waals surface area (Å²) in [5.41, 5.74) is 7.69. The Kier molecular flexibility index (Phi) is 5.29. The normalized spacial score (nSPS) is 9.17. The molecule has 68 valence electrons. The van der Waals surface area contributed by atoms with Crippen LogP contribution in [0.4, 0.5) is 5.69 Å². The van der Waals surface area contributed by atoms with Gasteiger partial charge in [-0.05, 0) is 19.2 Å². The van der Waals surface area contributed by atoms with E-state index in [-0.39, 0.29) is 12.4 Å². The van der Waals surface area contributed by atoms with E-state index in [4.69, 9.17) is 5.73 Å². The Bertz CT molecular complexity index is 233. The highest BCUT2D eigenvalue weighted by molar-refractivity contribution is 9.10. The summed E-state index contributed by atoms with van der Waals surface area (Å²) in [6.45, 7) is 0.799. The zero-order valence-corrected chi connectivity index (χ0v) is 9.21. The van der Waals surface area contributed by atoms with Gasteiger partial charge in [-0.2, -0.15) is 0 Å². The van der Waals surface area contributed by atoms with Gasteiger partial charge in [0.2, 0.25) is 0 Å². The SMILES string of the molecule is CNCc1c(N)cccc1Br.Cl. The van der Waals surface area contributed by atoms with Gasteiger partial charge in [-0.3, -0.25) is 0 Å². The topological polar surface area (TPSA) is 38.0 Å². The first-order chi connectivity index (χ1) is 5.25. The standard InChI is InChI=1S/C8H11BrN2.ClH/c1-11-5-6-7(9)3-2-4-8(6)10;/h2-4,11H,5,10H2,1H3;1H. The summed E-state index contributed by atoms with van der Waals surface area (Å²) in [6, 6.07) is 5.82. The van der Waals surface area contributed by atoms with Crippen molar-refractivity contribution >= 4 is 34.0 Å². The Morgan fingerprint density at radius 3 is 2.67 bits per heavy atom. The van der Waals surface area contributed by atoms with Crippen molar-refractivity contribution in [1.29, 1.82) is 0 Å². The van der Waals surface area contributed by atoms with Gasteiger partial charge in [-0.15, -0.1) is 12.4 Å². The van der Waals surface area contributed by atoms with Crippen LogP contribution in [0, 0.1) is 0 Å². The van der Waals surface area contributed by atoms with E-state index < -0.39 is 0 Å². The van der Waals surface area contributed by atoms with E-state index in [1.807, 2.05) is 25.2 Å². The van der Waals surface area contributed by atoms with Gasteiger partial charge in [0.1, 0.15) is 0 Å². The zero-order chi connectivity index (χ0) is 8.27. The lowest BCUT2D eigenvalue weighted by Crippen LogP contribution is -2.08. The van der Waals surface area contributed by atoms with Crippen molar-refractivity contribution in [2.45, 2.75) is 6.54 Å². The first kappa shape index (κ1) is 11.8. The van der Waals surface area contributed by atoms with Crippen LogP contribution in [0.25, 0.3) is 0 Å². The monoisotopic (exact) mass is 250 g/mol. The van der Waals surface area contributed by atoms with E-state index in [1.165, 1.54) is 0 Å². The summed E-state index contributed by atoms with van der Waals surface area (Å²) in [5.74, 6) is 0. The van der Waals surface area contributed by atoms with Crippen LogP contribution in [0.5, 0.6) is 0 Å². The van der Waals surface area contributed by atoms with E-state index in [2.05, 4.69) is 21.2 Å². The minimum Gasteiger partial charge on any atom is -0.398 e. The second-order valence-corrected chi connectivity index (χ2v) is 3.19. The Morgan fingerprint density at radius 1 is 1.50 bits per heavy atom. The van der Waals surface area contributed by atoms with Gasteiger partial charge in [0.05, 0.1) is 0 Å². The first-order valence-electron chi connectivity index (χ1n) is 3.43. The number of halogens is 2. The molecule has 0 amide bonds. The molecule has 0 aliphatic carbocycles. The summed E-state index contributed by atoms with van der Waals surface area (Å²) in [7, 11) is 1.90. The Morgan fingerprint density at radius 2 is 2.17 bits per heavy atom. The molecule has 0 spiro atoms. The summed E-state index contributed by atoms with van der Waals surface area (Å²) in [6.07, 6.45) is 0. The second kappa shape index (κ2) is 5.41. The molecule has 0 heterocycles. The zero-order valence-electron chi connectivity index (χ0n) is 6.80. The average molecular weight is 252 g/mol. The number of nitrogen functional groups attached to an aromatic ring is 1. The van der Waals surface area contributed by atoms with E-state index in [1.54, 1.807) is 0 Å². The second-order valence-electron chi connectivity index (χ2n) is 2.34. The number of hydrogen-bond donors (Lipinski definition) is 2. The van der Waals surface area contributed by atoms with Crippen molar-refractivity contribution in [3.8, 4) is 0 Å². The number of nitrogens with one attached hydrogen (secondary N) is 1. The van der Waals surface area contributed by atoms with Gasteiger partial charge >= 0.3 is 0 Å². The number of hydrogen-bond acceptors (Lipinski definition) is 2. The number of rotatable bonds is 2. The maximum Gasteiger partial charge on any atom is 0.0371 e. The van der Waals surface area contributed by atoms with Crippen molar-refractivity contribution in [3.05, 3.63) is 28.2 Å². The smallest absolute Gasteiger partial charge is 0.0371 e. The fourth-order valence-electron chi connectivity index (χ4n) is 0.939. The van der Waals surface area contributed by atoms with Gasteiger partial charge < -0.3 is 11.1 Å². The molecule has 0 aromatic heterocycles. The molecule has 0 saturated carbocycles. The van der Waals surface area contributed by atoms with Crippen LogP contribution in [-0.2, 0) is 6.54 Å². The molecule has 1 rings (SSSR count). The molecular formula is C8H12BrClN2. The van der Waals surface area contributed by atoms with Crippen molar-refractivity contribution < 1.29 is 0 Å². The van der Waals surface area contributed by atoms with Crippen LogP contribution in [0.15, 0.2) is 22.7 Å². The van der Waals surface area contributed by atoms with E-state index in [0.29, 0.717) is 0 Å². The first-order valence-corrected chi connectivity index (χ1v) is 4.22. The molecule has 0 unspecified atom stereocenters. The largest absolute Gasteiger partial charge is 0.398 e. The van der Waals surface area contributed by atoms with Crippen LogP contribution in [0.1, 0.15) is 5.56 Å². The van der Waals surface area contributed by atoms with Crippen LogP contribution in [-0.4, -0.2) is 7.05 Å². The van der Waals surface area contributed by atoms with Crippen molar-refractivity contribution in [1.82, 2.24) is 5.32 Å². The molecule has 1 aromatic rings. The van der Waals surface area contributed by atoms with E-state index >= 15 is 0 Å². The molecule has 1 aromatic carbocycles. The molecule has 0 aliphatic rings. The highest BCUT2D eigenvalue weighted by atomic mass is 79.9. The van der Waals surface area contributed by atoms with Crippen molar-refractivity contribution in [2.75, 3.05) is 12.8 Å². The molecule has 2 nitrogen and oxygen atoms in total. The summed E-state index contributed by atoms with van der Waals surface area (Å²) < 4.78 is 1.06. The van der Waals surface area contributed by atoms with E-state index in [9.17, 15) is 0 Å². The van der Waals surface area contributed by atoms with Gasteiger partial charge in [-0.25, -0.2) is 0 Å². The maximum atomic E-state index is 5.74. The predicted octanol–water partition coefficient (Wildman–Crippen LogP) is 2.17. The molecule has 0 bridgehead atoms. The third-order valence-electron chi connectivity index (χ3n) is 1.51. The maximum absolute atomic E-state index is 5.74. The number of benzene rings is 1. The Labute approximate surface area is 87.1 Å². The Balaban J connectivity index is 0.00000121. The number of nitrogens with two attached hydrogens (primary N) is 1. The molecule has 4 heteroatoms. The molecule has 12 heavy (non-hydrogen) atoms. The Hall–Kier alpha value is -0.250. The lowest BCUT2D eigenvalue weighted by molar-refractivity contribution is 0.816. The molecule has 0 atom stereocenters. The molecule has 3 N–H and O–H groups in total. The molecular weight excluding hydrogens is 239 g/mol. The third-order valence-corrected chi connectivity index (χ3v) is 2.25. The van der Waals surface area contributed by atoms with Gasteiger partial charge in [-0.1, -0.05) is 22.0 Å². The predicted molar refractivity (Wildman–Crippen MR) is 58.6 cm³/mol. The number of anilines is 1. The lowest BCUT2D eigenvalue weighted by atomic mass is 10.2. The van der Waals surface area contributed by atoms with Gasteiger partial charge in [0.15, 0.2) is 0 Å². The fraction of sp³-hybridized carbons (Fsp3) is 0.250. The molecule has 0 fully saturated rings. The average Bonchev–Trinajstić information content (AvgIpc) is 1.97. The van der Waals surface area contributed by atoms with Crippen molar-refractivity contribution in [2.24, 2.45) is 0 Å². The van der Waals surface area contributed by atoms with Crippen molar-refractivity contribution in [3.63, 3.8) is 0 Å². The summed E-state index contributed by atoms with van der Waals surface area (Å²) in [4.78, 5) is 0. The van der Waals surface area contributed by atoms with Crippen LogP contribution >= 0.6 is 28.3 Å². The van der Waals surface area contributed by atoms with Gasteiger partial charge in [0, 0.05) is 22.3 Å². The third kappa shape index (κ3) is 2.66. The van der Waals surface area contributed by atoms with Crippen LogP contribution in [0.2, 0.25) is 0 Å². The summed E-state index contributed by atoms with van der Waals surface area (Å²) in [5, 5.41) is 3.06. The van der Waals surface area contributed by atoms with Crippen LogP contribution in [0.3, 0.4) is 0 Å². The molecule has 0 radical (unpaired) electrons. The highest BCUT2D eigenvalue weighted by Gasteiger charge is 2.00. The fourth-order valence-corrected chi connectivity index (χ4v) is 1.46. The highest BCUT2D eigenvalue weighted by Crippen LogP contribution is 2.21. The van der Waals surface area contributed by atoms with Crippen LogP contribution < -0.4 is 11.1 Å². The minimum absolute atomic E-state index is 0. The minimum atomic E-state index is 0. The molecule has 0 saturated heterocycles. The van der Waals surface area contributed by atoms with E-state index in [0.717, 1.165) is 22.3 Å². The molecule has 0 aliphatic heterocycles. The lowest BCUT2D eigenvalue weighted by Gasteiger charge is -2.06.